The molecular weight excluding hydrogens is 317 g/mol. The molecule has 130 valence electrons. The van der Waals surface area contributed by atoms with Crippen LogP contribution in [0.5, 0.6) is 0 Å². The van der Waals surface area contributed by atoms with E-state index in [4.69, 9.17) is 4.74 Å². The van der Waals surface area contributed by atoms with E-state index < -0.39 is 30.0 Å². The zero-order valence-electron chi connectivity index (χ0n) is 13.5. The molecule has 6 nitrogen and oxygen atoms in total. The molecule has 0 bridgehead atoms. The smallest absolute Gasteiger partial charge is 0.413 e. The number of carbonyl (C=O) groups is 3. The normalized spacial score (nSPS) is 15.6. The highest BCUT2D eigenvalue weighted by Gasteiger charge is 2.44. The Morgan fingerprint density at radius 1 is 1.12 bits per heavy atom. The van der Waals surface area contributed by atoms with Crippen LogP contribution >= 0.6 is 0 Å². The van der Waals surface area contributed by atoms with E-state index in [9.17, 15) is 18.8 Å². The molecule has 0 heterocycles. The van der Waals surface area contributed by atoms with Gasteiger partial charge in [0.05, 0.1) is 12.0 Å². The predicted molar refractivity (Wildman–Crippen MR) is 82.7 cm³/mol. The lowest BCUT2D eigenvalue weighted by atomic mass is 9.79. The van der Waals surface area contributed by atoms with Crippen LogP contribution in [0.3, 0.4) is 0 Å². The fourth-order valence-corrected chi connectivity index (χ4v) is 2.94. The monoisotopic (exact) mass is 337 g/mol. The molecule has 1 N–H and O–H groups in total. The van der Waals surface area contributed by atoms with Crippen molar-refractivity contribution in [1.82, 2.24) is 5.32 Å². The van der Waals surface area contributed by atoms with E-state index in [0.717, 1.165) is 12.8 Å². The molecule has 1 aliphatic carbocycles. The van der Waals surface area contributed by atoms with Crippen molar-refractivity contribution in [2.45, 2.75) is 38.0 Å². The lowest BCUT2D eigenvalue weighted by Crippen LogP contribution is -2.39. The number of hydrogen-bond acceptors (Lipinski definition) is 5. The van der Waals surface area contributed by atoms with Crippen molar-refractivity contribution >= 4 is 18.0 Å². The topological polar surface area (TPSA) is 81.7 Å². The summed E-state index contributed by atoms with van der Waals surface area (Å²) in [7, 11) is 0. The number of nitrogens with one attached hydrogen (secondary N) is 1. The van der Waals surface area contributed by atoms with E-state index in [2.05, 4.69) is 4.74 Å². The van der Waals surface area contributed by atoms with E-state index >= 15 is 0 Å². The number of hydrogen-bond donors (Lipinski definition) is 1. The Kier molecular flexibility index (Phi) is 5.89. The highest BCUT2D eigenvalue weighted by molar-refractivity contribution is 5.94. The maximum Gasteiger partial charge on any atom is 0.413 e. The first kappa shape index (κ1) is 17.9. The molecule has 2 rings (SSSR count). The number of amides is 2. The molecule has 0 atom stereocenters. The van der Waals surface area contributed by atoms with Crippen LogP contribution in [-0.2, 0) is 24.5 Å². The maximum atomic E-state index is 13.1. The summed E-state index contributed by atoms with van der Waals surface area (Å²) in [6.07, 6.45) is 1.98. The molecule has 0 aliphatic heterocycles. The molecule has 0 radical (unpaired) electrons. The van der Waals surface area contributed by atoms with Crippen molar-refractivity contribution in [1.29, 1.82) is 0 Å². The molecule has 0 saturated heterocycles. The van der Waals surface area contributed by atoms with Gasteiger partial charge in [-0.25, -0.2) is 9.18 Å². The largest absolute Gasteiger partial charge is 0.455 e. The van der Waals surface area contributed by atoms with Crippen LogP contribution in [0.1, 0.15) is 38.2 Å². The van der Waals surface area contributed by atoms with E-state index in [1.54, 1.807) is 19.1 Å². The van der Waals surface area contributed by atoms with Crippen LogP contribution in [0.4, 0.5) is 9.18 Å². The summed E-state index contributed by atoms with van der Waals surface area (Å²) in [5.74, 6) is -1.67. The second-order valence-corrected chi connectivity index (χ2v) is 5.64. The number of halogens is 1. The fourth-order valence-electron chi connectivity index (χ4n) is 2.94. The van der Waals surface area contributed by atoms with Gasteiger partial charge in [0.25, 0.3) is 5.91 Å². The van der Waals surface area contributed by atoms with Gasteiger partial charge in [-0.05, 0) is 37.5 Å². The summed E-state index contributed by atoms with van der Waals surface area (Å²) in [5.41, 5.74) is -0.185. The third-order valence-electron chi connectivity index (χ3n) is 4.10. The lowest BCUT2D eigenvalue weighted by molar-refractivity contribution is -0.154. The van der Waals surface area contributed by atoms with Gasteiger partial charge >= 0.3 is 12.1 Å². The molecule has 0 spiro atoms. The van der Waals surface area contributed by atoms with Gasteiger partial charge in [-0.1, -0.05) is 25.0 Å². The van der Waals surface area contributed by atoms with Gasteiger partial charge < -0.3 is 9.47 Å². The molecule has 0 aromatic heterocycles. The summed E-state index contributed by atoms with van der Waals surface area (Å²) in [5, 5.41) is 1.96. The van der Waals surface area contributed by atoms with Crippen LogP contribution in [0.25, 0.3) is 0 Å². The van der Waals surface area contributed by atoms with E-state index in [-0.39, 0.29) is 12.4 Å². The number of benzene rings is 1. The third kappa shape index (κ3) is 4.10. The summed E-state index contributed by atoms with van der Waals surface area (Å²) >= 11 is 0. The quantitative estimate of drug-likeness (QED) is 0.835. The molecule has 24 heavy (non-hydrogen) atoms. The number of esters is 1. The van der Waals surface area contributed by atoms with Crippen LogP contribution in [0.15, 0.2) is 24.3 Å². The van der Waals surface area contributed by atoms with Gasteiger partial charge in [0.2, 0.25) is 0 Å². The highest BCUT2D eigenvalue weighted by atomic mass is 19.1. The van der Waals surface area contributed by atoms with Gasteiger partial charge in [-0.3, -0.25) is 14.9 Å². The number of rotatable bonds is 5. The second-order valence-electron chi connectivity index (χ2n) is 5.64. The zero-order chi connectivity index (χ0) is 17.6. The maximum absolute atomic E-state index is 13.1. The van der Waals surface area contributed by atoms with Crippen molar-refractivity contribution in [3.8, 4) is 0 Å². The molecule has 1 aromatic carbocycles. The van der Waals surface area contributed by atoms with Gasteiger partial charge in [-0.2, -0.15) is 0 Å². The summed E-state index contributed by atoms with van der Waals surface area (Å²) in [6.45, 7) is 1.17. The summed E-state index contributed by atoms with van der Waals surface area (Å²) in [4.78, 5) is 35.3. The van der Waals surface area contributed by atoms with Crippen LogP contribution in [-0.4, -0.2) is 31.2 Å². The minimum atomic E-state index is -0.882. The van der Waals surface area contributed by atoms with Crippen molar-refractivity contribution in [2.24, 2.45) is 0 Å². The van der Waals surface area contributed by atoms with Crippen molar-refractivity contribution in [3.05, 3.63) is 35.6 Å². The average Bonchev–Trinajstić information content (AvgIpc) is 3.04. The van der Waals surface area contributed by atoms with E-state index in [1.807, 2.05) is 5.32 Å². The van der Waals surface area contributed by atoms with Crippen LogP contribution < -0.4 is 5.32 Å². The first-order valence-electron chi connectivity index (χ1n) is 7.88. The number of alkyl carbamates (subject to hydrolysis) is 1. The Morgan fingerprint density at radius 3 is 2.33 bits per heavy atom. The van der Waals surface area contributed by atoms with Gasteiger partial charge in [0, 0.05) is 0 Å². The van der Waals surface area contributed by atoms with Crippen LogP contribution in [0, 0.1) is 5.82 Å². The SMILES string of the molecule is CCOC(=O)NC(=O)COC(=O)C1(c2ccc(F)cc2)CCCC1. The van der Waals surface area contributed by atoms with E-state index in [1.165, 1.54) is 12.1 Å². The fraction of sp³-hybridized carbons (Fsp3) is 0.471. The molecule has 0 unspecified atom stereocenters. The molecule has 7 heteroatoms. The number of ether oxygens (including phenoxy) is 2. The van der Waals surface area contributed by atoms with Crippen molar-refractivity contribution in [3.63, 3.8) is 0 Å². The van der Waals surface area contributed by atoms with Gasteiger partial charge in [-0.15, -0.1) is 0 Å². The number of carbonyl (C=O) groups excluding carboxylic acids is 3. The molecular formula is C17H20FNO5. The predicted octanol–water partition coefficient (Wildman–Crippen LogP) is 2.45. The first-order chi connectivity index (χ1) is 11.5. The number of imide groups is 1. The zero-order valence-corrected chi connectivity index (χ0v) is 13.5. The Hall–Kier alpha value is -2.44. The molecule has 2 amide bonds. The van der Waals surface area contributed by atoms with Crippen LogP contribution in [0.2, 0.25) is 0 Å². The van der Waals surface area contributed by atoms with Gasteiger partial charge in [0.15, 0.2) is 6.61 Å². The van der Waals surface area contributed by atoms with Crippen molar-refractivity contribution < 1.29 is 28.2 Å². The molecule has 1 fully saturated rings. The average molecular weight is 337 g/mol. The van der Waals surface area contributed by atoms with E-state index in [0.29, 0.717) is 18.4 Å². The van der Waals surface area contributed by atoms with Gasteiger partial charge in [0.1, 0.15) is 5.82 Å². The summed E-state index contributed by atoms with van der Waals surface area (Å²) in [6, 6.07) is 5.74. The highest BCUT2D eigenvalue weighted by Crippen LogP contribution is 2.42. The minimum absolute atomic E-state index is 0.132. The van der Waals surface area contributed by atoms with Crippen molar-refractivity contribution in [2.75, 3.05) is 13.2 Å². The molecule has 1 aromatic rings. The Balaban J connectivity index is 2.01. The second kappa shape index (κ2) is 7.90. The third-order valence-corrected chi connectivity index (χ3v) is 4.10. The Bertz CT molecular complexity index is 608. The standard InChI is InChI=1S/C17H20FNO5/c1-2-23-16(22)19-14(20)11-24-15(21)17(9-3-4-10-17)12-5-7-13(18)8-6-12/h5-8H,2-4,9-11H2,1H3,(H,19,20,22). The summed E-state index contributed by atoms with van der Waals surface area (Å²) < 4.78 is 22.8. The first-order valence-corrected chi connectivity index (χ1v) is 7.88. The molecule has 1 aliphatic rings. The lowest BCUT2D eigenvalue weighted by Gasteiger charge is -2.27. The molecule has 1 saturated carbocycles. The minimum Gasteiger partial charge on any atom is -0.455 e. The Morgan fingerprint density at radius 2 is 1.75 bits per heavy atom. The Labute approximate surface area is 139 Å².